The zero-order valence-electron chi connectivity index (χ0n) is 11.5. The van der Waals surface area contributed by atoms with E-state index in [0.29, 0.717) is 40.8 Å². The summed E-state index contributed by atoms with van der Waals surface area (Å²) < 4.78 is 16.7. The van der Waals surface area contributed by atoms with E-state index in [-0.39, 0.29) is 6.10 Å². The summed E-state index contributed by atoms with van der Waals surface area (Å²) in [6, 6.07) is 4.91. The van der Waals surface area contributed by atoms with Crippen molar-refractivity contribution >= 4 is 17.9 Å². The molecule has 1 aliphatic heterocycles. The highest BCUT2D eigenvalue weighted by Gasteiger charge is 2.36. The van der Waals surface area contributed by atoms with Crippen molar-refractivity contribution in [2.24, 2.45) is 0 Å². The molecule has 0 spiro atoms. The number of rotatable bonds is 3. The fraction of sp³-hybridized carbons (Fsp3) is 0.357. The van der Waals surface area contributed by atoms with Crippen LogP contribution in [-0.2, 0) is 9.47 Å². The second-order valence-corrected chi connectivity index (χ2v) is 5.52. The van der Waals surface area contributed by atoms with Crippen molar-refractivity contribution in [3.8, 4) is 11.5 Å². The highest BCUT2D eigenvalue weighted by atomic mass is 35.5. The molecule has 6 nitrogen and oxygen atoms in total. The number of hydrogen-bond acceptors (Lipinski definition) is 6. The molecule has 1 atom stereocenters. The van der Waals surface area contributed by atoms with Crippen molar-refractivity contribution < 1.29 is 18.7 Å². The zero-order chi connectivity index (χ0) is 15.0. The molecule has 1 fully saturated rings. The van der Waals surface area contributed by atoms with Crippen LogP contribution in [0.15, 0.2) is 22.6 Å². The van der Waals surface area contributed by atoms with Crippen molar-refractivity contribution in [2.45, 2.75) is 25.7 Å². The standard InChI is InChI=1S/C14H13ClN2O4/c1-14(2)19-7-11(21-14)13-17-16-12(20-13)8-3-4-9(6-18)10(15)5-8/h3-6,11H,7H2,1-2H3/t11-/m0/s1. The fourth-order valence-corrected chi connectivity index (χ4v) is 2.27. The molecule has 0 radical (unpaired) electrons. The topological polar surface area (TPSA) is 74.5 Å². The van der Waals surface area contributed by atoms with Gasteiger partial charge in [0, 0.05) is 11.1 Å². The van der Waals surface area contributed by atoms with Crippen LogP contribution in [0.2, 0.25) is 5.02 Å². The summed E-state index contributed by atoms with van der Waals surface area (Å²) in [7, 11) is 0. The molecular formula is C14H13ClN2O4. The normalized spacial score (nSPS) is 20.6. The lowest BCUT2D eigenvalue weighted by Crippen LogP contribution is -2.19. The quantitative estimate of drug-likeness (QED) is 0.811. The molecule has 0 bridgehead atoms. The molecule has 1 aliphatic rings. The van der Waals surface area contributed by atoms with E-state index < -0.39 is 5.79 Å². The highest BCUT2D eigenvalue weighted by Crippen LogP contribution is 2.33. The van der Waals surface area contributed by atoms with Gasteiger partial charge in [0.15, 0.2) is 18.2 Å². The Kier molecular flexibility index (Phi) is 3.52. The number of aromatic nitrogens is 2. The van der Waals surface area contributed by atoms with Crippen LogP contribution in [0.4, 0.5) is 0 Å². The first-order valence-electron chi connectivity index (χ1n) is 6.39. The number of halogens is 1. The number of benzene rings is 1. The minimum atomic E-state index is -0.659. The summed E-state index contributed by atoms with van der Waals surface area (Å²) in [5.74, 6) is 0.0117. The van der Waals surface area contributed by atoms with E-state index in [1.54, 1.807) is 18.2 Å². The van der Waals surface area contributed by atoms with E-state index in [1.807, 2.05) is 13.8 Å². The lowest BCUT2D eigenvalue weighted by molar-refractivity contribution is -0.141. The number of nitrogens with zero attached hydrogens (tertiary/aromatic N) is 2. The molecule has 0 N–H and O–H groups in total. The lowest BCUT2D eigenvalue weighted by Gasteiger charge is -2.15. The Morgan fingerprint density at radius 2 is 2.19 bits per heavy atom. The van der Waals surface area contributed by atoms with Gasteiger partial charge in [0.05, 0.1) is 11.6 Å². The van der Waals surface area contributed by atoms with Crippen molar-refractivity contribution in [3.05, 3.63) is 34.7 Å². The number of ether oxygens (including phenoxy) is 2. The summed E-state index contributed by atoms with van der Waals surface area (Å²) in [5.41, 5.74) is 1.05. The summed E-state index contributed by atoms with van der Waals surface area (Å²) >= 11 is 5.98. The van der Waals surface area contributed by atoms with Gasteiger partial charge in [-0.15, -0.1) is 10.2 Å². The van der Waals surface area contributed by atoms with E-state index in [0.717, 1.165) is 0 Å². The van der Waals surface area contributed by atoms with Gasteiger partial charge in [0.2, 0.25) is 11.8 Å². The molecule has 3 rings (SSSR count). The minimum Gasteiger partial charge on any atom is -0.418 e. The van der Waals surface area contributed by atoms with Gasteiger partial charge in [-0.2, -0.15) is 0 Å². The monoisotopic (exact) mass is 308 g/mol. The van der Waals surface area contributed by atoms with Crippen LogP contribution in [0.3, 0.4) is 0 Å². The van der Waals surface area contributed by atoms with Crippen LogP contribution < -0.4 is 0 Å². The Morgan fingerprint density at radius 1 is 1.38 bits per heavy atom. The molecule has 21 heavy (non-hydrogen) atoms. The van der Waals surface area contributed by atoms with Crippen LogP contribution in [0.5, 0.6) is 0 Å². The van der Waals surface area contributed by atoms with Crippen molar-refractivity contribution in [1.29, 1.82) is 0 Å². The van der Waals surface area contributed by atoms with E-state index >= 15 is 0 Å². The second kappa shape index (κ2) is 5.22. The summed E-state index contributed by atoms with van der Waals surface area (Å²) in [4.78, 5) is 10.7. The van der Waals surface area contributed by atoms with Gasteiger partial charge in [0.25, 0.3) is 0 Å². The molecule has 1 aromatic heterocycles. The van der Waals surface area contributed by atoms with Crippen LogP contribution >= 0.6 is 11.6 Å². The molecule has 0 unspecified atom stereocenters. The zero-order valence-corrected chi connectivity index (χ0v) is 12.3. The smallest absolute Gasteiger partial charge is 0.248 e. The van der Waals surface area contributed by atoms with Gasteiger partial charge in [-0.25, -0.2) is 0 Å². The molecule has 1 saturated heterocycles. The Bertz CT molecular complexity index is 683. The lowest BCUT2D eigenvalue weighted by atomic mass is 10.1. The molecule has 0 saturated carbocycles. The van der Waals surface area contributed by atoms with Gasteiger partial charge in [-0.05, 0) is 32.0 Å². The second-order valence-electron chi connectivity index (χ2n) is 5.12. The average molecular weight is 309 g/mol. The molecule has 1 aromatic carbocycles. The fourth-order valence-electron chi connectivity index (χ4n) is 2.05. The Hall–Kier alpha value is -1.76. The third-order valence-electron chi connectivity index (χ3n) is 3.10. The first-order chi connectivity index (χ1) is 9.98. The molecule has 110 valence electrons. The van der Waals surface area contributed by atoms with Crippen molar-refractivity contribution in [3.63, 3.8) is 0 Å². The summed E-state index contributed by atoms with van der Waals surface area (Å²) in [5, 5.41) is 8.29. The van der Waals surface area contributed by atoms with Gasteiger partial charge in [-0.1, -0.05) is 11.6 Å². The van der Waals surface area contributed by atoms with Gasteiger partial charge in [-0.3, -0.25) is 4.79 Å². The van der Waals surface area contributed by atoms with E-state index in [2.05, 4.69) is 10.2 Å². The minimum absolute atomic E-state index is 0.317. The third kappa shape index (κ3) is 2.83. The number of aldehydes is 1. The highest BCUT2D eigenvalue weighted by molar-refractivity contribution is 6.33. The van der Waals surface area contributed by atoms with Crippen LogP contribution in [-0.4, -0.2) is 28.9 Å². The Labute approximate surface area is 126 Å². The Morgan fingerprint density at radius 3 is 2.81 bits per heavy atom. The Balaban J connectivity index is 1.85. The number of carbonyl (C=O) groups excluding carboxylic acids is 1. The largest absolute Gasteiger partial charge is 0.418 e. The predicted octanol–water partition coefficient (Wildman–Crippen LogP) is 3.03. The molecule has 0 amide bonds. The summed E-state index contributed by atoms with van der Waals surface area (Å²) in [6.07, 6.45) is 0.308. The van der Waals surface area contributed by atoms with Crippen LogP contribution in [0.25, 0.3) is 11.5 Å². The van der Waals surface area contributed by atoms with E-state index in [4.69, 9.17) is 25.5 Å². The number of hydrogen-bond donors (Lipinski definition) is 0. The SMILES string of the molecule is CC1(C)OC[C@@H](c2nnc(-c3ccc(C=O)c(Cl)c3)o2)O1. The van der Waals surface area contributed by atoms with E-state index in [1.165, 1.54) is 0 Å². The predicted molar refractivity (Wildman–Crippen MR) is 74.0 cm³/mol. The van der Waals surface area contributed by atoms with Crippen LogP contribution in [0, 0.1) is 0 Å². The molecular weight excluding hydrogens is 296 g/mol. The van der Waals surface area contributed by atoms with Gasteiger partial charge in [0.1, 0.15) is 0 Å². The average Bonchev–Trinajstić information content (AvgIpc) is 3.05. The third-order valence-corrected chi connectivity index (χ3v) is 3.43. The first-order valence-corrected chi connectivity index (χ1v) is 6.76. The number of carbonyl (C=O) groups is 1. The maximum atomic E-state index is 10.7. The molecule has 2 aromatic rings. The maximum Gasteiger partial charge on any atom is 0.248 e. The first kappa shape index (κ1) is 14.2. The van der Waals surface area contributed by atoms with E-state index in [9.17, 15) is 4.79 Å². The van der Waals surface area contributed by atoms with Crippen molar-refractivity contribution in [2.75, 3.05) is 6.61 Å². The maximum absolute atomic E-state index is 10.7. The molecule has 0 aliphatic carbocycles. The van der Waals surface area contributed by atoms with Gasteiger partial charge >= 0.3 is 0 Å². The van der Waals surface area contributed by atoms with Gasteiger partial charge < -0.3 is 13.9 Å². The van der Waals surface area contributed by atoms with Crippen LogP contribution in [0.1, 0.15) is 36.2 Å². The van der Waals surface area contributed by atoms with Crippen molar-refractivity contribution in [1.82, 2.24) is 10.2 Å². The summed E-state index contributed by atoms with van der Waals surface area (Å²) in [6.45, 7) is 4.00. The molecule has 2 heterocycles. The molecule has 7 heteroatoms.